The highest BCUT2D eigenvalue weighted by Gasteiger charge is 2.05. The molecule has 106 valence electrons. The first-order chi connectivity index (χ1) is 9.54. The summed E-state index contributed by atoms with van der Waals surface area (Å²) in [5, 5.41) is 12.7. The van der Waals surface area contributed by atoms with Crippen molar-refractivity contribution in [2.75, 3.05) is 6.54 Å². The summed E-state index contributed by atoms with van der Waals surface area (Å²) in [4.78, 5) is 9.03. The third-order valence-electron chi connectivity index (χ3n) is 2.89. The molecule has 0 aliphatic carbocycles. The Bertz CT molecular complexity index is 564. The van der Waals surface area contributed by atoms with Crippen LogP contribution in [0, 0.1) is 12.8 Å². The van der Waals surface area contributed by atoms with E-state index in [1.807, 2.05) is 25.1 Å². The fourth-order valence-electron chi connectivity index (χ4n) is 1.95. The van der Waals surface area contributed by atoms with Gasteiger partial charge < -0.3 is 10.4 Å². The molecule has 4 nitrogen and oxygen atoms in total. The van der Waals surface area contributed by atoms with E-state index in [1.54, 1.807) is 12.1 Å². The van der Waals surface area contributed by atoms with E-state index in [2.05, 4.69) is 29.1 Å². The van der Waals surface area contributed by atoms with Gasteiger partial charge in [0, 0.05) is 17.8 Å². The van der Waals surface area contributed by atoms with E-state index in [4.69, 9.17) is 0 Å². The highest BCUT2D eigenvalue weighted by Crippen LogP contribution is 2.19. The van der Waals surface area contributed by atoms with Gasteiger partial charge in [0.1, 0.15) is 5.75 Å². The molecule has 0 aliphatic heterocycles. The summed E-state index contributed by atoms with van der Waals surface area (Å²) >= 11 is 0. The van der Waals surface area contributed by atoms with Crippen molar-refractivity contribution in [2.45, 2.75) is 27.3 Å². The van der Waals surface area contributed by atoms with Crippen LogP contribution in [0.15, 0.2) is 30.3 Å². The van der Waals surface area contributed by atoms with Crippen molar-refractivity contribution in [1.82, 2.24) is 15.3 Å². The maximum Gasteiger partial charge on any atom is 0.159 e. The molecular formula is C16H21N3O. The van der Waals surface area contributed by atoms with Crippen molar-refractivity contribution in [3.8, 4) is 17.1 Å². The average molecular weight is 271 g/mol. The average Bonchev–Trinajstić information content (AvgIpc) is 2.38. The van der Waals surface area contributed by atoms with Gasteiger partial charge in [0.25, 0.3) is 0 Å². The van der Waals surface area contributed by atoms with Gasteiger partial charge in [0.15, 0.2) is 5.82 Å². The van der Waals surface area contributed by atoms with Gasteiger partial charge in [-0.3, -0.25) is 0 Å². The lowest BCUT2D eigenvalue weighted by Crippen LogP contribution is -2.20. The predicted molar refractivity (Wildman–Crippen MR) is 80.4 cm³/mol. The highest BCUT2D eigenvalue weighted by molar-refractivity contribution is 5.56. The number of rotatable bonds is 5. The van der Waals surface area contributed by atoms with Crippen molar-refractivity contribution < 1.29 is 5.11 Å². The summed E-state index contributed by atoms with van der Waals surface area (Å²) in [6.45, 7) is 8.04. The molecule has 0 aliphatic rings. The SMILES string of the molecule is Cc1cc(CNCC(C)C)nc(-c2ccc(O)cc2)n1. The predicted octanol–water partition coefficient (Wildman–Crippen LogP) is 2.90. The van der Waals surface area contributed by atoms with Crippen LogP contribution >= 0.6 is 0 Å². The first-order valence-corrected chi connectivity index (χ1v) is 6.89. The van der Waals surface area contributed by atoms with E-state index in [9.17, 15) is 5.11 Å². The van der Waals surface area contributed by atoms with Crippen molar-refractivity contribution >= 4 is 0 Å². The Kier molecular flexibility index (Phi) is 4.69. The maximum atomic E-state index is 9.33. The molecule has 20 heavy (non-hydrogen) atoms. The van der Waals surface area contributed by atoms with Gasteiger partial charge in [-0.15, -0.1) is 0 Å². The first kappa shape index (κ1) is 14.5. The third kappa shape index (κ3) is 4.03. The second kappa shape index (κ2) is 6.48. The Morgan fingerprint density at radius 2 is 1.85 bits per heavy atom. The minimum atomic E-state index is 0.250. The molecule has 0 radical (unpaired) electrons. The third-order valence-corrected chi connectivity index (χ3v) is 2.89. The molecule has 0 fully saturated rings. The van der Waals surface area contributed by atoms with Crippen molar-refractivity contribution in [2.24, 2.45) is 5.92 Å². The van der Waals surface area contributed by atoms with Gasteiger partial charge >= 0.3 is 0 Å². The summed E-state index contributed by atoms with van der Waals surface area (Å²) in [5.74, 6) is 1.57. The van der Waals surface area contributed by atoms with Crippen LogP contribution in [0.5, 0.6) is 5.75 Å². The first-order valence-electron chi connectivity index (χ1n) is 6.89. The molecule has 0 amide bonds. The van der Waals surface area contributed by atoms with Crippen LogP contribution in [0.25, 0.3) is 11.4 Å². The molecule has 0 spiro atoms. The number of nitrogens with zero attached hydrogens (tertiary/aromatic N) is 2. The van der Waals surface area contributed by atoms with Crippen LogP contribution in [-0.2, 0) is 6.54 Å². The Morgan fingerprint density at radius 1 is 1.15 bits per heavy atom. The van der Waals surface area contributed by atoms with Crippen LogP contribution in [0.3, 0.4) is 0 Å². The molecule has 0 unspecified atom stereocenters. The summed E-state index contributed by atoms with van der Waals surface area (Å²) < 4.78 is 0. The van der Waals surface area contributed by atoms with E-state index in [-0.39, 0.29) is 5.75 Å². The minimum Gasteiger partial charge on any atom is -0.508 e. The molecule has 0 saturated carbocycles. The van der Waals surface area contributed by atoms with E-state index in [1.165, 1.54) is 0 Å². The highest BCUT2D eigenvalue weighted by atomic mass is 16.3. The number of hydrogen-bond donors (Lipinski definition) is 2. The molecule has 2 rings (SSSR count). The molecule has 0 atom stereocenters. The monoisotopic (exact) mass is 271 g/mol. The number of phenolic OH excluding ortho intramolecular Hbond substituents is 1. The molecule has 0 bridgehead atoms. The van der Waals surface area contributed by atoms with Crippen molar-refractivity contribution in [1.29, 1.82) is 0 Å². The van der Waals surface area contributed by atoms with Gasteiger partial charge in [-0.1, -0.05) is 13.8 Å². The van der Waals surface area contributed by atoms with E-state index in [0.717, 1.165) is 30.0 Å². The van der Waals surface area contributed by atoms with Crippen molar-refractivity contribution in [3.05, 3.63) is 41.7 Å². The van der Waals surface area contributed by atoms with Crippen molar-refractivity contribution in [3.63, 3.8) is 0 Å². The van der Waals surface area contributed by atoms with Gasteiger partial charge in [0.2, 0.25) is 0 Å². The second-order valence-electron chi connectivity index (χ2n) is 5.40. The molecule has 1 heterocycles. The van der Waals surface area contributed by atoms with Crippen LogP contribution in [0.2, 0.25) is 0 Å². The van der Waals surface area contributed by atoms with Gasteiger partial charge in [0.05, 0.1) is 5.69 Å². The summed E-state index contributed by atoms with van der Waals surface area (Å²) in [7, 11) is 0. The number of aryl methyl sites for hydroxylation is 1. The molecule has 1 aromatic heterocycles. The Morgan fingerprint density at radius 3 is 2.50 bits per heavy atom. The zero-order valence-electron chi connectivity index (χ0n) is 12.2. The Balaban J connectivity index is 2.18. The summed E-state index contributed by atoms with van der Waals surface area (Å²) in [6, 6.07) is 8.96. The van der Waals surface area contributed by atoms with Crippen LogP contribution in [0.4, 0.5) is 0 Å². The van der Waals surface area contributed by atoms with Gasteiger partial charge in [-0.05, 0) is 49.7 Å². The quantitative estimate of drug-likeness (QED) is 0.878. The number of phenols is 1. The Hall–Kier alpha value is -1.94. The van der Waals surface area contributed by atoms with Crippen LogP contribution in [-0.4, -0.2) is 21.6 Å². The van der Waals surface area contributed by atoms with E-state index >= 15 is 0 Å². The zero-order chi connectivity index (χ0) is 14.5. The lowest BCUT2D eigenvalue weighted by atomic mass is 10.2. The maximum absolute atomic E-state index is 9.33. The van der Waals surface area contributed by atoms with Gasteiger partial charge in [-0.2, -0.15) is 0 Å². The molecule has 4 heteroatoms. The minimum absolute atomic E-state index is 0.250. The molecule has 2 N–H and O–H groups in total. The molecule has 1 aromatic carbocycles. The van der Waals surface area contributed by atoms with Crippen LogP contribution < -0.4 is 5.32 Å². The number of aromatic hydroxyl groups is 1. The normalized spacial score (nSPS) is 11.0. The van der Waals surface area contributed by atoms with E-state index < -0.39 is 0 Å². The topological polar surface area (TPSA) is 58.0 Å². The lowest BCUT2D eigenvalue weighted by molar-refractivity contribution is 0.475. The second-order valence-corrected chi connectivity index (χ2v) is 5.40. The number of nitrogens with one attached hydrogen (secondary N) is 1. The lowest BCUT2D eigenvalue weighted by Gasteiger charge is -2.09. The zero-order valence-corrected chi connectivity index (χ0v) is 12.2. The molecular weight excluding hydrogens is 250 g/mol. The fourth-order valence-corrected chi connectivity index (χ4v) is 1.95. The largest absolute Gasteiger partial charge is 0.508 e. The fraction of sp³-hybridized carbons (Fsp3) is 0.375. The van der Waals surface area contributed by atoms with Crippen LogP contribution in [0.1, 0.15) is 25.2 Å². The molecule has 2 aromatic rings. The summed E-state index contributed by atoms with van der Waals surface area (Å²) in [5.41, 5.74) is 2.85. The van der Waals surface area contributed by atoms with Gasteiger partial charge in [-0.25, -0.2) is 9.97 Å². The Labute approximate surface area is 119 Å². The standard InChI is InChI=1S/C16H21N3O/c1-11(2)9-17-10-14-8-12(3)18-16(19-14)13-4-6-15(20)7-5-13/h4-8,11,17,20H,9-10H2,1-3H3. The summed E-state index contributed by atoms with van der Waals surface area (Å²) in [6.07, 6.45) is 0. The number of hydrogen-bond acceptors (Lipinski definition) is 4. The molecule has 0 saturated heterocycles. The smallest absolute Gasteiger partial charge is 0.159 e. The number of aromatic nitrogens is 2. The van der Waals surface area contributed by atoms with E-state index in [0.29, 0.717) is 11.7 Å². The number of benzene rings is 1.